The first-order valence-electron chi connectivity index (χ1n) is 6.35. The fraction of sp³-hybridized carbons (Fsp3) is 0.235. The molecule has 19 heavy (non-hydrogen) atoms. The van der Waals surface area contributed by atoms with Gasteiger partial charge >= 0.3 is 5.97 Å². The van der Waals surface area contributed by atoms with Crippen molar-refractivity contribution in [3.05, 3.63) is 72.4 Å². The van der Waals surface area contributed by atoms with E-state index >= 15 is 0 Å². The molecule has 1 aromatic rings. The third kappa shape index (κ3) is 13.8. The molecule has 0 unspecified atom stereocenters. The average molecular weight is 258 g/mol. The van der Waals surface area contributed by atoms with Crippen LogP contribution in [0, 0.1) is 6.92 Å². The third-order valence-corrected chi connectivity index (χ3v) is 2.14. The summed E-state index contributed by atoms with van der Waals surface area (Å²) >= 11 is 0. The first-order chi connectivity index (χ1) is 9.16. The lowest BCUT2D eigenvalue weighted by Crippen LogP contribution is -1.84. The van der Waals surface area contributed by atoms with Crippen LogP contribution in [0.5, 0.6) is 0 Å². The number of hydrogen-bond acceptors (Lipinski definition) is 1. The molecule has 2 nitrogen and oxygen atoms in total. The Labute approximate surface area is 115 Å². The van der Waals surface area contributed by atoms with E-state index in [2.05, 4.69) is 19.1 Å². The highest BCUT2D eigenvalue weighted by Gasteiger charge is 1.82. The van der Waals surface area contributed by atoms with Gasteiger partial charge in [-0.05, 0) is 26.7 Å². The molecule has 0 radical (unpaired) electrons. The molecule has 1 rings (SSSR count). The molecule has 0 fully saturated rings. The highest BCUT2D eigenvalue weighted by molar-refractivity contribution is 5.79. The van der Waals surface area contributed by atoms with Gasteiger partial charge in [0.1, 0.15) is 0 Å². The molecule has 1 aromatic carbocycles. The molecule has 0 atom stereocenters. The van der Waals surface area contributed by atoms with Gasteiger partial charge in [0, 0.05) is 6.08 Å². The fourth-order valence-electron chi connectivity index (χ4n) is 1.20. The quantitative estimate of drug-likeness (QED) is 0.478. The Bertz CT molecular complexity index is 414. The number of rotatable bonds is 5. The lowest BCUT2D eigenvalue weighted by molar-refractivity contribution is -0.131. The second kappa shape index (κ2) is 12.4. The molecule has 0 aliphatic carbocycles. The lowest BCUT2D eigenvalue weighted by Gasteiger charge is -1.83. The van der Waals surface area contributed by atoms with E-state index in [1.807, 2.05) is 49.4 Å². The number of carboxylic acid groups (broad SMARTS) is 1. The van der Waals surface area contributed by atoms with Crippen LogP contribution in [0.3, 0.4) is 0 Å². The Balaban J connectivity index is 0.000000388. The number of unbranched alkanes of at least 4 members (excludes halogenated alkanes) is 1. The predicted octanol–water partition coefficient (Wildman–Crippen LogP) is 4.53. The fourth-order valence-corrected chi connectivity index (χ4v) is 1.20. The highest BCUT2D eigenvalue weighted by atomic mass is 16.4. The van der Waals surface area contributed by atoms with Gasteiger partial charge in [0.15, 0.2) is 0 Å². The van der Waals surface area contributed by atoms with Crippen LogP contribution in [-0.4, -0.2) is 11.1 Å². The molecule has 0 heterocycles. The minimum atomic E-state index is -0.882. The van der Waals surface area contributed by atoms with Gasteiger partial charge in [0.25, 0.3) is 0 Å². The summed E-state index contributed by atoms with van der Waals surface area (Å²) in [4.78, 5) is 10.0. The number of hydrogen-bond donors (Lipinski definition) is 1. The van der Waals surface area contributed by atoms with Gasteiger partial charge in [-0.15, -0.1) is 0 Å². The summed E-state index contributed by atoms with van der Waals surface area (Å²) in [5.74, 6) is -0.882. The molecule has 0 spiro atoms. The van der Waals surface area contributed by atoms with Crippen molar-refractivity contribution in [3.63, 3.8) is 0 Å². The summed E-state index contributed by atoms with van der Waals surface area (Å²) < 4.78 is 0. The average Bonchev–Trinajstić information content (AvgIpc) is 2.39. The number of allylic oxidation sites excluding steroid dienone is 5. The molecule has 2 heteroatoms. The first kappa shape index (κ1) is 16.9. The van der Waals surface area contributed by atoms with Gasteiger partial charge < -0.3 is 5.11 Å². The van der Waals surface area contributed by atoms with E-state index in [1.165, 1.54) is 11.6 Å². The zero-order valence-electron chi connectivity index (χ0n) is 11.6. The van der Waals surface area contributed by atoms with Gasteiger partial charge in [-0.2, -0.15) is 0 Å². The number of carboxylic acids is 1. The van der Waals surface area contributed by atoms with E-state index in [1.54, 1.807) is 6.08 Å². The second-order valence-electron chi connectivity index (χ2n) is 3.93. The topological polar surface area (TPSA) is 37.3 Å². The summed E-state index contributed by atoms with van der Waals surface area (Å²) in [6.07, 6.45) is 12.3. The SMILES string of the molecule is CC=CC=CCCC=CC(=O)O.Cc1ccccc1. The van der Waals surface area contributed by atoms with Crippen LogP contribution in [-0.2, 0) is 4.79 Å². The normalized spacial score (nSPS) is 10.8. The van der Waals surface area contributed by atoms with Crippen molar-refractivity contribution in [1.29, 1.82) is 0 Å². The molecule has 1 N–H and O–H groups in total. The number of carbonyl (C=O) groups is 1. The van der Waals surface area contributed by atoms with Crippen molar-refractivity contribution in [3.8, 4) is 0 Å². The van der Waals surface area contributed by atoms with E-state index in [0.717, 1.165) is 12.8 Å². The van der Waals surface area contributed by atoms with Crippen LogP contribution in [0.1, 0.15) is 25.3 Å². The summed E-state index contributed by atoms with van der Waals surface area (Å²) in [7, 11) is 0. The van der Waals surface area contributed by atoms with Crippen molar-refractivity contribution in [2.24, 2.45) is 0 Å². The summed E-state index contributed by atoms with van der Waals surface area (Å²) in [5, 5.41) is 8.24. The van der Waals surface area contributed by atoms with Crippen molar-refractivity contribution in [2.45, 2.75) is 26.7 Å². The minimum absolute atomic E-state index is 0.778. The van der Waals surface area contributed by atoms with Gasteiger partial charge in [-0.25, -0.2) is 4.79 Å². The monoisotopic (exact) mass is 258 g/mol. The van der Waals surface area contributed by atoms with Gasteiger partial charge in [-0.3, -0.25) is 0 Å². The number of aryl methyl sites for hydroxylation is 1. The van der Waals surface area contributed by atoms with Gasteiger partial charge in [-0.1, -0.05) is 66.3 Å². The number of benzene rings is 1. The zero-order chi connectivity index (χ0) is 14.3. The Morgan fingerprint density at radius 1 is 1.11 bits per heavy atom. The third-order valence-electron chi connectivity index (χ3n) is 2.14. The van der Waals surface area contributed by atoms with E-state index in [4.69, 9.17) is 5.11 Å². The Kier molecular flexibility index (Phi) is 11.0. The van der Waals surface area contributed by atoms with Crippen LogP contribution in [0.15, 0.2) is 66.8 Å². The summed E-state index contributed by atoms with van der Waals surface area (Å²) in [5.41, 5.74) is 1.32. The molecule has 0 saturated carbocycles. The second-order valence-corrected chi connectivity index (χ2v) is 3.93. The van der Waals surface area contributed by atoms with Crippen LogP contribution in [0.2, 0.25) is 0 Å². The number of aliphatic carboxylic acids is 1. The van der Waals surface area contributed by atoms with Gasteiger partial charge in [0.05, 0.1) is 0 Å². The Hall–Kier alpha value is -2.09. The van der Waals surface area contributed by atoms with E-state index in [-0.39, 0.29) is 0 Å². The zero-order valence-corrected chi connectivity index (χ0v) is 11.6. The molecule has 0 aliphatic heterocycles. The van der Waals surface area contributed by atoms with Crippen LogP contribution in [0.25, 0.3) is 0 Å². The van der Waals surface area contributed by atoms with E-state index < -0.39 is 5.97 Å². The maximum absolute atomic E-state index is 10.0. The van der Waals surface area contributed by atoms with Crippen molar-refractivity contribution < 1.29 is 9.90 Å². The molecule has 0 aromatic heterocycles. The highest BCUT2D eigenvalue weighted by Crippen LogP contribution is 1.93. The molecule has 102 valence electrons. The summed E-state index contributed by atoms with van der Waals surface area (Å²) in [6, 6.07) is 10.3. The maximum atomic E-state index is 10.0. The van der Waals surface area contributed by atoms with Crippen LogP contribution >= 0.6 is 0 Å². The van der Waals surface area contributed by atoms with Crippen molar-refractivity contribution >= 4 is 5.97 Å². The van der Waals surface area contributed by atoms with Gasteiger partial charge in [0.2, 0.25) is 0 Å². The molecular formula is C17H22O2. The van der Waals surface area contributed by atoms with E-state index in [0.29, 0.717) is 0 Å². The molecule has 0 bridgehead atoms. The Morgan fingerprint density at radius 3 is 2.21 bits per heavy atom. The van der Waals surface area contributed by atoms with E-state index in [9.17, 15) is 4.79 Å². The Morgan fingerprint density at radius 2 is 1.74 bits per heavy atom. The predicted molar refractivity (Wildman–Crippen MR) is 81.1 cm³/mol. The lowest BCUT2D eigenvalue weighted by atomic mass is 10.2. The maximum Gasteiger partial charge on any atom is 0.327 e. The smallest absolute Gasteiger partial charge is 0.327 e. The van der Waals surface area contributed by atoms with Crippen LogP contribution in [0.4, 0.5) is 0 Å². The minimum Gasteiger partial charge on any atom is -0.478 e. The van der Waals surface area contributed by atoms with Crippen LogP contribution < -0.4 is 0 Å². The van der Waals surface area contributed by atoms with Crippen molar-refractivity contribution in [2.75, 3.05) is 0 Å². The standard InChI is InChI=1S/C10H14O2.C7H8/c1-2-3-4-5-6-7-8-9-10(11)12;1-7-5-3-2-4-6-7/h2-5,8-9H,6-7H2,1H3,(H,11,12);2-6H,1H3. The molecule has 0 aliphatic rings. The molecule has 0 saturated heterocycles. The molecule has 0 amide bonds. The van der Waals surface area contributed by atoms with Crippen molar-refractivity contribution in [1.82, 2.24) is 0 Å². The molecular weight excluding hydrogens is 236 g/mol. The first-order valence-corrected chi connectivity index (χ1v) is 6.35. The summed E-state index contributed by atoms with van der Waals surface area (Å²) in [6.45, 7) is 4.04. The largest absolute Gasteiger partial charge is 0.478 e.